The Balaban J connectivity index is 3.33. The van der Waals surface area contributed by atoms with Crippen molar-refractivity contribution in [2.24, 2.45) is 0 Å². The molecule has 2 N–H and O–H groups in total. The van der Waals surface area contributed by atoms with E-state index in [9.17, 15) is 4.79 Å². The van der Waals surface area contributed by atoms with E-state index in [-0.39, 0.29) is 21.7 Å². The van der Waals surface area contributed by atoms with Crippen LogP contribution in [0.5, 0.6) is 0 Å². The van der Waals surface area contributed by atoms with E-state index in [0.29, 0.717) is 10.7 Å². The Morgan fingerprint density at radius 3 is 2.62 bits per heavy atom. The Labute approximate surface area is 94.1 Å². The van der Waals surface area contributed by atoms with Crippen LogP contribution in [0, 0.1) is 0 Å². The molecule has 0 saturated heterocycles. The number of alkyl halides is 1. The van der Waals surface area contributed by atoms with Gasteiger partial charge in [0.1, 0.15) is 0 Å². The minimum absolute atomic E-state index is 0.176. The summed E-state index contributed by atoms with van der Waals surface area (Å²) < 4.78 is 0. The highest BCUT2D eigenvalue weighted by Crippen LogP contribution is 2.30. The molecule has 0 atom stereocenters. The molecule has 0 aromatic heterocycles. The largest absolute Gasteiger partial charge is 0.398 e. The summed E-state index contributed by atoms with van der Waals surface area (Å²) in [6, 6.07) is 3.12. The van der Waals surface area contributed by atoms with Gasteiger partial charge in [-0.1, -0.05) is 39.1 Å². The molecule has 1 aromatic rings. The standard InChI is InChI=1S/C8H6BrCl2NO/c9-3-6(13)7-5(12)2-1-4(10)8(7)11/h1-2H,3,12H2. The molecular weight excluding hydrogens is 277 g/mol. The normalized spacial score (nSPS) is 10.1. The number of hydrogen-bond acceptors (Lipinski definition) is 2. The van der Waals surface area contributed by atoms with Gasteiger partial charge in [-0.15, -0.1) is 0 Å². The Kier molecular flexibility index (Phi) is 3.59. The van der Waals surface area contributed by atoms with Crippen molar-refractivity contribution in [2.75, 3.05) is 11.1 Å². The van der Waals surface area contributed by atoms with Gasteiger partial charge in [-0.25, -0.2) is 0 Å². The van der Waals surface area contributed by atoms with E-state index in [1.807, 2.05) is 0 Å². The van der Waals surface area contributed by atoms with E-state index in [0.717, 1.165) is 0 Å². The van der Waals surface area contributed by atoms with Gasteiger partial charge in [0.2, 0.25) is 0 Å². The lowest BCUT2D eigenvalue weighted by Gasteiger charge is -2.06. The first-order valence-electron chi connectivity index (χ1n) is 3.40. The van der Waals surface area contributed by atoms with E-state index < -0.39 is 0 Å². The number of Topliss-reactive ketones (excluding diaryl/α,β-unsaturated/α-hetero) is 1. The quantitative estimate of drug-likeness (QED) is 0.514. The molecular formula is C8H6BrCl2NO. The molecule has 0 radical (unpaired) electrons. The number of benzene rings is 1. The molecule has 0 fully saturated rings. The van der Waals surface area contributed by atoms with Crippen LogP contribution in [-0.2, 0) is 0 Å². The van der Waals surface area contributed by atoms with E-state index in [1.54, 1.807) is 12.1 Å². The second-order valence-electron chi connectivity index (χ2n) is 2.38. The predicted octanol–water partition coefficient (Wildman–Crippen LogP) is 3.15. The average Bonchev–Trinajstić information content (AvgIpc) is 2.12. The number of anilines is 1. The van der Waals surface area contributed by atoms with Gasteiger partial charge in [0.05, 0.1) is 20.9 Å². The molecule has 0 aliphatic carbocycles. The number of rotatable bonds is 2. The molecule has 0 aliphatic heterocycles. The monoisotopic (exact) mass is 281 g/mol. The van der Waals surface area contributed by atoms with Crippen LogP contribution in [0.15, 0.2) is 12.1 Å². The Hall–Kier alpha value is -0.250. The highest BCUT2D eigenvalue weighted by Gasteiger charge is 2.14. The number of nitrogen functional groups attached to an aromatic ring is 1. The van der Waals surface area contributed by atoms with E-state index in [2.05, 4.69) is 15.9 Å². The van der Waals surface area contributed by atoms with E-state index in [1.165, 1.54) is 0 Å². The molecule has 5 heteroatoms. The van der Waals surface area contributed by atoms with Crippen LogP contribution >= 0.6 is 39.1 Å². The summed E-state index contributed by atoms with van der Waals surface area (Å²) in [6.07, 6.45) is 0. The van der Waals surface area contributed by atoms with Crippen LogP contribution in [0.4, 0.5) is 5.69 Å². The number of hydrogen-bond donors (Lipinski definition) is 1. The molecule has 0 unspecified atom stereocenters. The molecule has 1 aromatic carbocycles. The fourth-order valence-corrected chi connectivity index (χ4v) is 1.63. The Morgan fingerprint density at radius 2 is 2.08 bits per heavy atom. The first kappa shape index (κ1) is 10.8. The van der Waals surface area contributed by atoms with Crippen molar-refractivity contribution in [3.8, 4) is 0 Å². The van der Waals surface area contributed by atoms with Crippen molar-refractivity contribution in [2.45, 2.75) is 0 Å². The summed E-state index contributed by atoms with van der Waals surface area (Å²) in [4.78, 5) is 11.3. The van der Waals surface area contributed by atoms with Crippen LogP contribution in [0.1, 0.15) is 10.4 Å². The van der Waals surface area contributed by atoms with Gasteiger partial charge >= 0.3 is 0 Å². The summed E-state index contributed by atoms with van der Waals surface area (Å²) in [5.41, 5.74) is 6.21. The predicted molar refractivity (Wildman–Crippen MR) is 59.0 cm³/mol. The third-order valence-electron chi connectivity index (χ3n) is 1.53. The summed E-state index contributed by atoms with van der Waals surface area (Å²) in [7, 11) is 0. The molecule has 0 amide bonds. The number of carbonyl (C=O) groups is 1. The fraction of sp³-hybridized carbons (Fsp3) is 0.125. The van der Waals surface area contributed by atoms with Gasteiger partial charge in [0.25, 0.3) is 0 Å². The van der Waals surface area contributed by atoms with Gasteiger partial charge in [0, 0.05) is 5.69 Å². The van der Waals surface area contributed by atoms with Crippen molar-refractivity contribution in [3.63, 3.8) is 0 Å². The van der Waals surface area contributed by atoms with Crippen molar-refractivity contribution in [1.82, 2.24) is 0 Å². The summed E-state index contributed by atoms with van der Waals surface area (Å²) in [5, 5.41) is 0.725. The van der Waals surface area contributed by atoms with Gasteiger partial charge in [-0.3, -0.25) is 4.79 Å². The molecule has 0 heterocycles. The van der Waals surface area contributed by atoms with Crippen LogP contribution < -0.4 is 5.73 Å². The zero-order valence-corrected chi connectivity index (χ0v) is 9.58. The molecule has 0 bridgehead atoms. The number of carbonyl (C=O) groups excluding carboxylic acids is 1. The fourth-order valence-electron chi connectivity index (χ4n) is 0.916. The summed E-state index contributed by atoms with van der Waals surface area (Å²) in [5.74, 6) is -0.176. The van der Waals surface area contributed by atoms with Crippen molar-refractivity contribution in [3.05, 3.63) is 27.7 Å². The third kappa shape index (κ3) is 2.16. The lowest BCUT2D eigenvalue weighted by atomic mass is 10.1. The van der Waals surface area contributed by atoms with Crippen LogP contribution in [0.3, 0.4) is 0 Å². The summed E-state index contributed by atoms with van der Waals surface area (Å²) >= 11 is 14.6. The second-order valence-corrected chi connectivity index (χ2v) is 3.73. The van der Waals surface area contributed by atoms with Crippen LogP contribution in [0.25, 0.3) is 0 Å². The first-order chi connectivity index (χ1) is 6.07. The zero-order valence-electron chi connectivity index (χ0n) is 6.48. The molecule has 13 heavy (non-hydrogen) atoms. The topological polar surface area (TPSA) is 43.1 Å². The van der Waals surface area contributed by atoms with Gasteiger partial charge < -0.3 is 5.73 Å². The van der Waals surface area contributed by atoms with Crippen LogP contribution in [0.2, 0.25) is 10.0 Å². The van der Waals surface area contributed by atoms with Gasteiger partial charge in [0.15, 0.2) is 5.78 Å². The van der Waals surface area contributed by atoms with E-state index in [4.69, 9.17) is 28.9 Å². The molecule has 70 valence electrons. The maximum atomic E-state index is 11.3. The van der Waals surface area contributed by atoms with Gasteiger partial charge in [-0.05, 0) is 12.1 Å². The highest BCUT2D eigenvalue weighted by atomic mass is 79.9. The van der Waals surface area contributed by atoms with Crippen molar-refractivity contribution < 1.29 is 4.79 Å². The second kappa shape index (κ2) is 4.31. The molecule has 2 nitrogen and oxygen atoms in total. The first-order valence-corrected chi connectivity index (χ1v) is 5.28. The Morgan fingerprint density at radius 1 is 1.46 bits per heavy atom. The minimum atomic E-state index is -0.176. The molecule has 0 spiro atoms. The maximum absolute atomic E-state index is 11.3. The lowest BCUT2D eigenvalue weighted by molar-refractivity contribution is 0.102. The average molecular weight is 283 g/mol. The number of nitrogens with two attached hydrogens (primary N) is 1. The molecule has 1 rings (SSSR count). The van der Waals surface area contributed by atoms with Gasteiger partial charge in [-0.2, -0.15) is 0 Å². The molecule has 0 saturated carbocycles. The maximum Gasteiger partial charge on any atom is 0.177 e. The van der Waals surface area contributed by atoms with E-state index >= 15 is 0 Å². The lowest BCUT2D eigenvalue weighted by Crippen LogP contribution is -2.05. The number of ketones is 1. The summed E-state index contributed by atoms with van der Waals surface area (Å²) in [6.45, 7) is 0. The highest BCUT2D eigenvalue weighted by molar-refractivity contribution is 9.09. The SMILES string of the molecule is Nc1ccc(Cl)c(Cl)c1C(=O)CBr. The third-order valence-corrected chi connectivity index (χ3v) is 2.84. The Bertz CT molecular complexity index is 354. The minimum Gasteiger partial charge on any atom is -0.398 e. The number of halogens is 3. The zero-order chi connectivity index (χ0) is 10.0. The molecule has 0 aliphatic rings. The smallest absolute Gasteiger partial charge is 0.177 e. The van der Waals surface area contributed by atoms with Crippen LogP contribution in [-0.4, -0.2) is 11.1 Å². The van der Waals surface area contributed by atoms with Crippen molar-refractivity contribution >= 4 is 50.6 Å². The van der Waals surface area contributed by atoms with Crippen molar-refractivity contribution in [1.29, 1.82) is 0 Å².